The highest BCUT2D eigenvalue weighted by molar-refractivity contribution is 9.10. The number of nitrogens with zero attached hydrogens (tertiary/aromatic N) is 1. The van der Waals surface area contributed by atoms with Crippen LogP contribution >= 0.6 is 15.9 Å². The van der Waals surface area contributed by atoms with Crippen LogP contribution < -0.4 is 14.8 Å². The lowest BCUT2D eigenvalue weighted by Gasteiger charge is -2.14. The molecule has 0 bridgehead atoms. The molecule has 4 aromatic carbocycles. The summed E-state index contributed by atoms with van der Waals surface area (Å²) in [6.07, 6.45) is 1.77. The summed E-state index contributed by atoms with van der Waals surface area (Å²) in [6.45, 7) is -0.276. The predicted molar refractivity (Wildman–Crippen MR) is 139 cm³/mol. The zero-order chi connectivity index (χ0) is 24.8. The van der Waals surface area contributed by atoms with Gasteiger partial charge in [-0.15, -0.1) is 0 Å². The first-order valence-electron chi connectivity index (χ1n) is 10.6. The van der Waals surface area contributed by atoms with E-state index >= 15 is 0 Å². The first-order chi connectivity index (χ1) is 17.0. The number of rotatable bonds is 7. The molecule has 1 N–H and O–H groups in total. The van der Waals surface area contributed by atoms with Crippen molar-refractivity contribution in [2.45, 2.75) is 0 Å². The van der Waals surface area contributed by atoms with Crippen LogP contribution in [0.1, 0.15) is 11.1 Å². The molecule has 0 aliphatic heterocycles. The molecule has 0 unspecified atom stereocenters. The van der Waals surface area contributed by atoms with Gasteiger partial charge in [0.15, 0.2) is 18.1 Å². The number of ether oxygens (including phenoxy) is 2. The second kappa shape index (κ2) is 10.9. The maximum Gasteiger partial charge on any atom is 0.262 e. The van der Waals surface area contributed by atoms with Gasteiger partial charge in [0, 0.05) is 5.69 Å². The van der Waals surface area contributed by atoms with Crippen molar-refractivity contribution in [2.24, 2.45) is 0 Å². The lowest BCUT2D eigenvalue weighted by Crippen LogP contribution is -2.20. The molecule has 0 saturated carbocycles. The summed E-state index contributed by atoms with van der Waals surface area (Å²) in [6, 6.07) is 25.1. The molecule has 4 rings (SSSR count). The Morgan fingerprint density at radius 3 is 2.51 bits per heavy atom. The molecule has 0 saturated heterocycles. The molecule has 5 nitrogen and oxygen atoms in total. The minimum atomic E-state index is -0.405. The SMILES string of the molecule is COc1cc(/C=C(/C#N)c2ccc3ccccc3c2)cc(Br)c1OCC(=O)Nc1ccc(F)cc1. The monoisotopic (exact) mass is 530 g/mol. The van der Waals surface area contributed by atoms with Crippen LogP contribution in [0.25, 0.3) is 22.4 Å². The van der Waals surface area contributed by atoms with E-state index in [2.05, 4.69) is 27.3 Å². The zero-order valence-electron chi connectivity index (χ0n) is 18.7. The first-order valence-corrected chi connectivity index (χ1v) is 11.4. The number of hydrogen-bond acceptors (Lipinski definition) is 4. The van der Waals surface area contributed by atoms with Gasteiger partial charge in [-0.25, -0.2) is 4.39 Å². The number of carbonyl (C=O) groups excluding carboxylic acids is 1. The highest BCUT2D eigenvalue weighted by Crippen LogP contribution is 2.38. The van der Waals surface area contributed by atoms with Crippen LogP contribution in [-0.4, -0.2) is 19.6 Å². The topological polar surface area (TPSA) is 71.3 Å². The van der Waals surface area contributed by atoms with Crippen molar-refractivity contribution >= 4 is 49.9 Å². The number of halogens is 2. The molecule has 0 spiro atoms. The van der Waals surface area contributed by atoms with Gasteiger partial charge in [0.05, 0.1) is 23.2 Å². The smallest absolute Gasteiger partial charge is 0.262 e. The normalized spacial score (nSPS) is 11.1. The minimum absolute atomic E-state index is 0.276. The third kappa shape index (κ3) is 5.86. The number of nitrogens with one attached hydrogen (secondary N) is 1. The van der Waals surface area contributed by atoms with Gasteiger partial charge in [0.2, 0.25) is 0 Å². The van der Waals surface area contributed by atoms with Crippen LogP contribution in [0.4, 0.5) is 10.1 Å². The fourth-order valence-electron chi connectivity index (χ4n) is 3.53. The van der Waals surface area contributed by atoms with Crippen molar-refractivity contribution in [2.75, 3.05) is 19.0 Å². The van der Waals surface area contributed by atoms with Gasteiger partial charge in [0.25, 0.3) is 5.91 Å². The Balaban J connectivity index is 1.54. The summed E-state index contributed by atoms with van der Waals surface area (Å²) in [5.74, 6) is -0.0426. The number of nitriles is 1. The van der Waals surface area contributed by atoms with Gasteiger partial charge in [-0.05, 0) is 86.4 Å². The number of benzene rings is 4. The van der Waals surface area contributed by atoms with Crippen molar-refractivity contribution in [1.82, 2.24) is 0 Å². The fourth-order valence-corrected chi connectivity index (χ4v) is 4.11. The van der Waals surface area contributed by atoms with E-state index in [1.807, 2.05) is 42.5 Å². The Kier molecular flexibility index (Phi) is 7.44. The van der Waals surface area contributed by atoms with Crippen LogP contribution in [0.15, 0.2) is 83.3 Å². The molecule has 0 heterocycles. The Hall–Kier alpha value is -4.15. The highest BCUT2D eigenvalue weighted by Gasteiger charge is 2.14. The molecule has 35 heavy (non-hydrogen) atoms. The van der Waals surface area contributed by atoms with Crippen LogP contribution in [0.3, 0.4) is 0 Å². The summed E-state index contributed by atoms with van der Waals surface area (Å²) in [5.41, 5.74) is 2.49. The third-order valence-electron chi connectivity index (χ3n) is 5.22. The minimum Gasteiger partial charge on any atom is -0.493 e. The molecule has 0 aliphatic rings. The van der Waals surface area contributed by atoms with E-state index in [4.69, 9.17) is 9.47 Å². The Bertz CT molecular complexity index is 1460. The van der Waals surface area contributed by atoms with Crippen molar-refractivity contribution in [1.29, 1.82) is 5.26 Å². The Morgan fingerprint density at radius 2 is 1.80 bits per heavy atom. The summed E-state index contributed by atoms with van der Waals surface area (Å²) in [5, 5.41) is 14.6. The van der Waals surface area contributed by atoms with Gasteiger partial charge >= 0.3 is 0 Å². The molecular weight excluding hydrogens is 511 g/mol. The van der Waals surface area contributed by atoms with E-state index in [0.717, 1.165) is 21.9 Å². The molecule has 0 fully saturated rings. The quantitative estimate of drug-likeness (QED) is 0.210. The molecule has 0 aromatic heterocycles. The molecule has 7 heteroatoms. The van der Waals surface area contributed by atoms with Gasteiger partial charge in [-0.3, -0.25) is 4.79 Å². The second-order valence-corrected chi connectivity index (χ2v) is 8.46. The highest BCUT2D eigenvalue weighted by atomic mass is 79.9. The van der Waals surface area contributed by atoms with Gasteiger partial charge in [0.1, 0.15) is 5.82 Å². The summed E-state index contributed by atoms with van der Waals surface area (Å²) >= 11 is 3.47. The Labute approximate surface area is 210 Å². The van der Waals surface area contributed by atoms with Gasteiger partial charge < -0.3 is 14.8 Å². The largest absolute Gasteiger partial charge is 0.493 e. The van der Waals surface area contributed by atoms with Crippen LogP contribution in [0.2, 0.25) is 0 Å². The summed E-state index contributed by atoms with van der Waals surface area (Å²) in [7, 11) is 1.50. The van der Waals surface area contributed by atoms with E-state index in [1.165, 1.54) is 31.4 Å². The van der Waals surface area contributed by atoms with Crippen molar-refractivity contribution in [3.63, 3.8) is 0 Å². The van der Waals surface area contributed by atoms with Crippen LogP contribution in [-0.2, 0) is 4.79 Å². The van der Waals surface area contributed by atoms with Crippen molar-refractivity contribution in [3.05, 3.63) is 100 Å². The van der Waals surface area contributed by atoms with Crippen LogP contribution in [0.5, 0.6) is 11.5 Å². The molecule has 0 aliphatic carbocycles. The molecule has 0 atom stereocenters. The zero-order valence-corrected chi connectivity index (χ0v) is 20.3. The maximum atomic E-state index is 13.0. The van der Waals surface area contributed by atoms with Crippen molar-refractivity contribution < 1.29 is 18.7 Å². The molecule has 0 radical (unpaired) electrons. The number of allylic oxidation sites excluding steroid dienone is 1. The number of amides is 1. The van der Waals surface area contributed by atoms with Gasteiger partial charge in [-0.2, -0.15) is 5.26 Å². The standard InChI is InChI=1S/C28H20BrFN2O3/c1-34-26-14-18(12-22(16-31)21-7-6-19-4-2-3-5-20(19)15-21)13-25(29)28(26)35-17-27(33)32-24-10-8-23(30)9-11-24/h2-15H,17H2,1H3,(H,32,33)/b22-12-. The lowest BCUT2D eigenvalue weighted by atomic mass is 10.00. The molecule has 1 amide bonds. The molecule has 4 aromatic rings. The number of anilines is 1. The number of carbonyl (C=O) groups is 1. The third-order valence-corrected chi connectivity index (χ3v) is 5.81. The maximum absolute atomic E-state index is 13.0. The van der Waals surface area contributed by atoms with E-state index < -0.39 is 5.91 Å². The van der Waals surface area contributed by atoms with E-state index in [1.54, 1.807) is 18.2 Å². The number of hydrogen-bond donors (Lipinski definition) is 1. The molecular formula is C28H20BrFN2O3. The van der Waals surface area contributed by atoms with E-state index in [0.29, 0.717) is 27.2 Å². The van der Waals surface area contributed by atoms with Crippen molar-refractivity contribution in [3.8, 4) is 17.6 Å². The van der Waals surface area contributed by atoms with Crippen LogP contribution in [0, 0.1) is 17.1 Å². The average molecular weight is 531 g/mol. The second-order valence-electron chi connectivity index (χ2n) is 7.61. The molecule has 174 valence electrons. The first kappa shape index (κ1) is 24.0. The van der Waals surface area contributed by atoms with E-state index in [9.17, 15) is 14.4 Å². The predicted octanol–water partition coefficient (Wildman–Crippen LogP) is 6.83. The summed E-state index contributed by atoms with van der Waals surface area (Å²) < 4.78 is 24.8. The number of methoxy groups -OCH3 is 1. The fraction of sp³-hybridized carbons (Fsp3) is 0.0714. The van der Waals surface area contributed by atoms with E-state index in [-0.39, 0.29) is 12.4 Å². The summed E-state index contributed by atoms with van der Waals surface area (Å²) in [4.78, 5) is 12.3. The average Bonchev–Trinajstić information content (AvgIpc) is 2.87. The Morgan fingerprint density at radius 1 is 1.06 bits per heavy atom. The lowest BCUT2D eigenvalue weighted by molar-refractivity contribution is -0.118. The number of fused-ring (bicyclic) bond motifs is 1. The van der Waals surface area contributed by atoms with Gasteiger partial charge in [-0.1, -0.05) is 36.4 Å².